The summed E-state index contributed by atoms with van der Waals surface area (Å²) in [6.07, 6.45) is 13.7. The van der Waals surface area contributed by atoms with E-state index >= 15 is 0 Å². The molecular weight excluding hydrogens is 310 g/mol. The molecule has 5 heteroatoms. The molecule has 2 heterocycles. The molecular formula is C20H29N5. The minimum absolute atomic E-state index is 0.738. The van der Waals surface area contributed by atoms with E-state index in [-0.39, 0.29) is 0 Å². The van der Waals surface area contributed by atoms with Crippen LogP contribution in [0.5, 0.6) is 0 Å². The normalized spacial score (nSPS) is 15.2. The van der Waals surface area contributed by atoms with Gasteiger partial charge in [-0.1, -0.05) is 17.7 Å². The smallest absolute Gasteiger partial charge is 0.191 e. The quantitative estimate of drug-likeness (QED) is 0.462. The number of pyridine rings is 1. The van der Waals surface area contributed by atoms with Crippen molar-refractivity contribution in [3.63, 3.8) is 0 Å². The minimum atomic E-state index is 0.738. The molecule has 0 unspecified atom stereocenters. The standard InChI is InChI=1S/C20H29N5/c1-2-21-20(22-13-11-17-8-4-3-5-9-17)23-14-12-18-16-25-15-7-6-10-19(25)24-18/h6-8,10,15-16H,2-5,9,11-14H2,1H3,(H2,21,22,23). The SMILES string of the molecule is CCNC(=NCCc1cn2ccccc2n1)NCCC1=CCCCC1. The van der Waals surface area contributed by atoms with Gasteiger partial charge in [-0.3, -0.25) is 4.99 Å². The van der Waals surface area contributed by atoms with Crippen molar-refractivity contribution in [2.45, 2.75) is 45.4 Å². The van der Waals surface area contributed by atoms with Gasteiger partial charge in [-0.2, -0.15) is 0 Å². The van der Waals surface area contributed by atoms with Crippen LogP contribution in [-0.2, 0) is 6.42 Å². The van der Waals surface area contributed by atoms with Crippen LogP contribution in [0.25, 0.3) is 5.65 Å². The predicted octanol–water partition coefficient (Wildman–Crippen LogP) is 3.32. The van der Waals surface area contributed by atoms with Gasteiger partial charge in [0.15, 0.2) is 5.96 Å². The molecule has 1 aliphatic carbocycles. The summed E-state index contributed by atoms with van der Waals surface area (Å²) in [5, 5.41) is 6.78. The van der Waals surface area contributed by atoms with Crippen LogP contribution in [0.1, 0.15) is 44.7 Å². The number of aliphatic imine (C=N–C) groups is 1. The van der Waals surface area contributed by atoms with Crippen LogP contribution < -0.4 is 10.6 Å². The fraction of sp³-hybridized carbons (Fsp3) is 0.500. The maximum atomic E-state index is 4.69. The molecule has 0 fully saturated rings. The Bertz CT molecular complexity index is 696. The summed E-state index contributed by atoms with van der Waals surface area (Å²) < 4.78 is 2.06. The van der Waals surface area contributed by atoms with Crippen molar-refractivity contribution < 1.29 is 0 Å². The number of fused-ring (bicyclic) bond motifs is 1. The van der Waals surface area contributed by atoms with Crippen molar-refractivity contribution >= 4 is 11.6 Å². The lowest BCUT2D eigenvalue weighted by molar-refractivity contribution is 0.665. The van der Waals surface area contributed by atoms with E-state index in [1.165, 1.54) is 25.7 Å². The Labute approximate surface area is 150 Å². The molecule has 0 saturated carbocycles. The highest BCUT2D eigenvalue weighted by Gasteiger charge is 2.04. The van der Waals surface area contributed by atoms with Crippen LogP contribution in [0.15, 0.2) is 47.2 Å². The zero-order valence-corrected chi connectivity index (χ0v) is 15.2. The number of aromatic nitrogens is 2. The Morgan fingerprint density at radius 3 is 3.00 bits per heavy atom. The third kappa shape index (κ3) is 5.34. The van der Waals surface area contributed by atoms with Crippen molar-refractivity contribution in [2.75, 3.05) is 19.6 Å². The van der Waals surface area contributed by atoms with Crippen molar-refractivity contribution in [3.05, 3.63) is 47.9 Å². The summed E-state index contributed by atoms with van der Waals surface area (Å²) in [4.78, 5) is 9.31. The molecule has 0 aromatic carbocycles. The average Bonchev–Trinajstić information content (AvgIpc) is 3.05. The lowest BCUT2D eigenvalue weighted by Gasteiger charge is -2.15. The molecule has 1 aliphatic rings. The maximum absolute atomic E-state index is 4.69. The third-order valence-corrected chi connectivity index (χ3v) is 4.52. The zero-order valence-electron chi connectivity index (χ0n) is 15.2. The van der Waals surface area contributed by atoms with Gasteiger partial charge in [-0.05, 0) is 51.2 Å². The highest BCUT2D eigenvalue weighted by atomic mass is 15.2. The van der Waals surface area contributed by atoms with E-state index in [4.69, 9.17) is 0 Å². The van der Waals surface area contributed by atoms with Crippen molar-refractivity contribution in [2.24, 2.45) is 4.99 Å². The second-order valence-electron chi connectivity index (χ2n) is 6.49. The monoisotopic (exact) mass is 339 g/mol. The number of hydrogen-bond donors (Lipinski definition) is 2. The first kappa shape index (κ1) is 17.5. The molecule has 0 bridgehead atoms. The van der Waals surface area contributed by atoms with Crippen LogP contribution in [0.2, 0.25) is 0 Å². The Hall–Kier alpha value is -2.30. The van der Waals surface area contributed by atoms with E-state index < -0.39 is 0 Å². The number of rotatable bonds is 7. The number of guanidine groups is 1. The summed E-state index contributed by atoms with van der Waals surface area (Å²) >= 11 is 0. The first-order valence-electron chi connectivity index (χ1n) is 9.48. The molecule has 3 rings (SSSR count). The number of nitrogens with zero attached hydrogens (tertiary/aromatic N) is 3. The average molecular weight is 339 g/mol. The molecule has 2 aromatic rings. The summed E-state index contributed by atoms with van der Waals surface area (Å²) in [6, 6.07) is 6.06. The molecule has 134 valence electrons. The molecule has 5 nitrogen and oxygen atoms in total. The van der Waals surface area contributed by atoms with Gasteiger partial charge in [-0.15, -0.1) is 0 Å². The van der Waals surface area contributed by atoms with Gasteiger partial charge >= 0.3 is 0 Å². The molecule has 2 aromatic heterocycles. The summed E-state index contributed by atoms with van der Waals surface area (Å²) in [6.45, 7) is 4.67. The molecule has 0 amide bonds. The van der Waals surface area contributed by atoms with Crippen LogP contribution in [-0.4, -0.2) is 35.0 Å². The molecule has 25 heavy (non-hydrogen) atoms. The fourth-order valence-electron chi connectivity index (χ4n) is 3.20. The van der Waals surface area contributed by atoms with Gasteiger partial charge in [0.2, 0.25) is 0 Å². The third-order valence-electron chi connectivity index (χ3n) is 4.52. The Morgan fingerprint density at radius 2 is 2.20 bits per heavy atom. The van der Waals surface area contributed by atoms with E-state index in [0.717, 1.165) is 49.8 Å². The summed E-state index contributed by atoms with van der Waals surface area (Å²) in [5.74, 6) is 0.905. The van der Waals surface area contributed by atoms with Gasteiger partial charge < -0.3 is 15.0 Å². The van der Waals surface area contributed by atoms with Crippen molar-refractivity contribution in [3.8, 4) is 0 Å². The van der Waals surface area contributed by atoms with Crippen LogP contribution in [0, 0.1) is 0 Å². The maximum Gasteiger partial charge on any atom is 0.191 e. The molecule has 0 atom stereocenters. The zero-order chi connectivity index (χ0) is 17.3. The van der Waals surface area contributed by atoms with E-state index in [9.17, 15) is 0 Å². The Balaban J connectivity index is 1.48. The number of allylic oxidation sites excluding steroid dienone is 1. The van der Waals surface area contributed by atoms with E-state index in [1.807, 2.05) is 24.4 Å². The molecule has 0 spiro atoms. The molecule has 2 N–H and O–H groups in total. The van der Waals surface area contributed by atoms with Crippen LogP contribution in [0.4, 0.5) is 0 Å². The molecule has 0 saturated heterocycles. The lowest BCUT2D eigenvalue weighted by atomic mass is 9.97. The summed E-state index contributed by atoms with van der Waals surface area (Å²) in [7, 11) is 0. The molecule has 0 radical (unpaired) electrons. The predicted molar refractivity (Wildman–Crippen MR) is 104 cm³/mol. The number of hydrogen-bond acceptors (Lipinski definition) is 2. The number of imidazole rings is 1. The lowest BCUT2D eigenvalue weighted by Crippen LogP contribution is -2.38. The van der Waals surface area contributed by atoms with Crippen LogP contribution >= 0.6 is 0 Å². The van der Waals surface area contributed by atoms with Gasteiger partial charge in [0.25, 0.3) is 0 Å². The van der Waals surface area contributed by atoms with E-state index in [0.29, 0.717) is 0 Å². The Morgan fingerprint density at radius 1 is 1.24 bits per heavy atom. The van der Waals surface area contributed by atoms with Gasteiger partial charge in [-0.25, -0.2) is 4.98 Å². The minimum Gasteiger partial charge on any atom is -0.357 e. The highest BCUT2D eigenvalue weighted by Crippen LogP contribution is 2.19. The first-order valence-corrected chi connectivity index (χ1v) is 9.48. The van der Waals surface area contributed by atoms with Crippen LogP contribution in [0.3, 0.4) is 0 Å². The first-order chi connectivity index (χ1) is 12.3. The van der Waals surface area contributed by atoms with Crippen molar-refractivity contribution in [1.29, 1.82) is 0 Å². The van der Waals surface area contributed by atoms with Crippen molar-refractivity contribution in [1.82, 2.24) is 20.0 Å². The largest absolute Gasteiger partial charge is 0.357 e. The van der Waals surface area contributed by atoms with Gasteiger partial charge in [0.05, 0.1) is 5.69 Å². The van der Waals surface area contributed by atoms with E-state index in [2.05, 4.69) is 44.2 Å². The Kier molecular flexibility index (Phi) is 6.48. The second kappa shape index (κ2) is 9.25. The molecule has 0 aliphatic heterocycles. The van der Waals surface area contributed by atoms with E-state index in [1.54, 1.807) is 5.57 Å². The van der Waals surface area contributed by atoms with Gasteiger partial charge in [0.1, 0.15) is 5.65 Å². The number of nitrogens with one attached hydrogen (secondary N) is 2. The topological polar surface area (TPSA) is 53.7 Å². The second-order valence-corrected chi connectivity index (χ2v) is 6.49. The summed E-state index contributed by atoms with van der Waals surface area (Å²) in [5.41, 5.74) is 3.67. The fourth-order valence-corrected chi connectivity index (χ4v) is 3.20. The van der Waals surface area contributed by atoms with Gasteiger partial charge in [0, 0.05) is 38.4 Å². The highest BCUT2D eigenvalue weighted by molar-refractivity contribution is 5.79.